The molecule has 0 saturated carbocycles. The number of hydrogen-bond donors (Lipinski definition) is 7. The van der Waals surface area contributed by atoms with Gasteiger partial charge in [-0.15, -0.1) is 0 Å². The van der Waals surface area contributed by atoms with Gasteiger partial charge in [-0.05, 0) is 19.8 Å². The zero-order chi connectivity index (χ0) is 22.9. The van der Waals surface area contributed by atoms with Gasteiger partial charge in [-0.1, -0.05) is 20.3 Å². The quantitative estimate of drug-likeness (QED) is 0.183. The van der Waals surface area contributed by atoms with Gasteiger partial charge in [-0.2, -0.15) is 0 Å². The molecule has 0 spiro atoms. The lowest BCUT2D eigenvalue weighted by Crippen LogP contribution is -2.59. The topological polar surface area (TPSA) is 208 Å². The van der Waals surface area contributed by atoms with Gasteiger partial charge in [0.05, 0.1) is 12.5 Å². The van der Waals surface area contributed by atoms with Gasteiger partial charge < -0.3 is 37.0 Å². The molecule has 3 amide bonds. The first-order chi connectivity index (χ1) is 13.3. The fraction of sp³-hybridized carbons (Fsp3) is 0.706. The summed E-state index contributed by atoms with van der Waals surface area (Å²) in [6.07, 6.45) is -1.51. The summed E-state index contributed by atoms with van der Waals surface area (Å²) in [5, 5.41) is 34.0. The summed E-state index contributed by atoms with van der Waals surface area (Å²) in [6.45, 7) is 5.89. The number of carboxylic acids is 2. The molecule has 0 aliphatic rings. The van der Waals surface area contributed by atoms with Crippen LogP contribution in [-0.2, 0) is 24.0 Å². The van der Waals surface area contributed by atoms with Crippen LogP contribution >= 0.6 is 0 Å². The maximum absolute atomic E-state index is 12.7. The molecule has 0 rings (SSSR count). The van der Waals surface area contributed by atoms with Crippen molar-refractivity contribution in [2.75, 3.05) is 0 Å². The molecule has 0 fully saturated rings. The molecule has 12 heteroatoms. The fourth-order valence-electron chi connectivity index (χ4n) is 2.19. The van der Waals surface area contributed by atoms with E-state index in [0.717, 1.165) is 0 Å². The highest BCUT2D eigenvalue weighted by molar-refractivity contribution is 5.95. The van der Waals surface area contributed by atoms with Crippen LogP contribution in [0.25, 0.3) is 0 Å². The highest BCUT2D eigenvalue weighted by Crippen LogP contribution is 2.10. The molecular formula is C17H30N4O8. The monoisotopic (exact) mass is 418 g/mol. The zero-order valence-corrected chi connectivity index (χ0v) is 16.8. The Hall–Kier alpha value is -2.73. The summed E-state index contributed by atoms with van der Waals surface area (Å²) in [6, 6.07) is -5.30. The van der Waals surface area contributed by atoms with Crippen molar-refractivity contribution in [3.63, 3.8) is 0 Å². The smallest absolute Gasteiger partial charge is 0.325 e. The normalized spacial score (nSPS) is 17.0. The summed E-state index contributed by atoms with van der Waals surface area (Å²) in [5.41, 5.74) is 5.56. The molecular weight excluding hydrogens is 388 g/mol. The van der Waals surface area contributed by atoms with Crippen LogP contribution < -0.4 is 21.7 Å². The number of nitrogens with one attached hydrogen (secondary N) is 3. The highest BCUT2D eigenvalue weighted by atomic mass is 16.4. The molecule has 12 nitrogen and oxygen atoms in total. The van der Waals surface area contributed by atoms with Crippen molar-refractivity contribution in [3.05, 3.63) is 0 Å². The first-order valence-electron chi connectivity index (χ1n) is 9.11. The molecule has 0 aromatic rings. The molecule has 0 radical (unpaired) electrons. The molecule has 0 heterocycles. The number of hydrogen-bond acceptors (Lipinski definition) is 7. The molecule has 0 aromatic heterocycles. The molecule has 0 saturated heterocycles. The maximum atomic E-state index is 12.7. The number of aliphatic hydroxyl groups excluding tert-OH is 1. The van der Waals surface area contributed by atoms with Crippen LogP contribution in [0.2, 0.25) is 0 Å². The van der Waals surface area contributed by atoms with Crippen LogP contribution in [0, 0.1) is 5.92 Å². The molecule has 166 valence electrons. The largest absolute Gasteiger partial charge is 0.481 e. The average Bonchev–Trinajstić information content (AvgIpc) is 2.62. The summed E-state index contributed by atoms with van der Waals surface area (Å²) in [7, 11) is 0. The Morgan fingerprint density at radius 2 is 1.45 bits per heavy atom. The van der Waals surface area contributed by atoms with E-state index < -0.39 is 72.3 Å². The molecule has 29 heavy (non-hydrogen) atoms. The van der Waals surface area contributed by atoms with Crippen molar-refractivity contribution in [1.82, 2.24) is 16.0 Å². The lowest BCUT2D eigenvalue weighted by atomic mass is 9.97. The number of carboxylic acid groups (broad SMARTS) is 2. The van der Waals surface area contributed by atoms with E-state index in [4.69, 9.17) is 15.9 Å². The third-order valence-electron chi connectivity index (χ3n) is 4.36. The summed E-state index contributed by atoms with van der Waals surface area (Å²) in [4.78, 5) is 58.9. The van der Waals surface area contributed by atoms with Crippen molar-refractivity contribution < 1.29 is 39.3 Å². The Kier molecular flexibility index (Phi) is 10.8. The fourth-order valence-corrected chi connectivity index (χ4v) is 2.19. The Bertz CT molecular complexity index is 625. The number of aliphatic carboxylic acids is 2. The van der Waals surface area contributed by atoms with E-state index in [0.29, 0.717) is 6.42 Å². The van der Waals surface area contributed by atoms with E-state index >= 15 is 0 Å². The van der Waals surface area contributed by atoms with Gasteiger partial charge in [0.15, 0.2) is 0 Å². The van der Waals surface area contributed by atoms with Gasteiger partial charge >= 0.3 is 11.9 Å². The second-order valence-corrected chi connectivity index (χ2v) is 6.87. The van der Waals surface area contributed by atoms with E-state index in [1.807, 2.05) is 0 Å². The molecule has 0 aromatic carbocycles. The number of amides is 3. The van der Waals surface area contributed by atoms with Crippen LogP contribution in [0.15, 0.2) is 0 Å². The van der Waals surface area contributed by atoms with Crippen molar-refractivity contribution in [2.24, 2.45) is 11.7 Å². The maximum Gasteiger partial charge on any atom is 0.325 e. The minimum absolute atomic E-state index is 0.411. The Morgan fingerprint density at radius 3 is 1.86 bits per heavy atom. The molecule has 6 unspecified atom stereocenters. The lowest BCUT2D eigenvalue weighted by Gasteiger charge is -2.27. The Morgan fingerprint density at radius 1 is 0.897 bits per heavy atom. The SMILES string of the molecule is CCC(C)C(NC(=O)C(N)C(C)O)C(=O)NC(CC(=O)O)C(=O)NC(C)C(=O)O. The second kappa shape index (κ2) is 12.0. The van der Waals surface area contributed by atoms with E-state index in [1.54, 1.807) is 13.8 Å². The van der Waals surface area contributed by atoms with Crippen molar-refractivity contribution in [3.8, 4) is 0 Å². The third kappa shape index (κ3) is 8.87. The molecule has 8 N–H and O–H groups in total. The number of aliphatic hydroxyl groups is 1. The van der Waals surface area contributed by atoms with Crippen LogP contribution in [0.1, 0.15) is 40.5 Å². The number of carbonyl (C=O) groups is 5. The summed E-state index contributed by atoms with van der Waals surface area (Å²) >= 11 is 0. The van der Waals surface area contributed by atoms with Crippen molar-refractivity contribution >= 4 is 29.7 Å². The van der Waals surface area contributed by atoms with Crippen LogP contribution in [0.5, 0.6) is 0 Å². The standard InChI is InChI=1S/C17H30N4O8/c1-5-7(2)13(21-15(26)12(18)9(4)22)16(27)20-10(6-11(23)24)14(25)19-8(3)17(28)29/h7-10,12-13,22H,5-6,18H2,1-4H3,(H,19,25)(H,20,27)(H,21,26)(H,23,24)(H,28,29). The van der Waals surface area contributed by atoms with Gasteiger partial charge in [0.25, 0.3) is 0 Å². The third-order valence-corrected chi connectivity index (χ3v) is 4.36. The van der Waals surface area contributed by atoms with Crippen LogP contribution in [0.3, 0.4) is 0 Å². The predicted molar refractivity (Wildman–Crippen MR) is 100 cm³/mol. The average molecular weight is 418 g/mol. The number of carbonyl (C=O) groups excluding carboxylic acids is 3. The minimum Gasteiger partial charge on any atom is -0.481 e. The van der Waals surface area contributed by atoms with Crippen molar-refractivity contribution in [2.45, 2.75) is 70.8 Å². The van der Waals surface area contributed by atoms with E-state index in [-0.39, 0.29) is 0 Å². The summed E-state index contributed by atoms with van der Waals surface area (Å²) in [5.74, 6) is -5.77. The second-order valence-electron chi connectivity index (χ2n) is 6.87. The zero-order valence-electron chi connectivity index (χ0n) is 16.8. The van der Waals surface area contributed by atoms with Gasteiger partial charge in [0, 0.05) is 0 Å². The van der Waals surface area contributed by atoms with Gasteiger partial charge in [-0.3, -0.25) is 24.0 Å². The minimum atomic E-state index is -1.56. The molecule has 0 aliphatic carbocycles. The highest BCUT2D eigenvalue weighted by Gasteiger charge is 2.33. The summed E-state index contributed by atoms with van der Waals surface area (Å²) < 4.78 is 0. The first kappa shape index (κ1) is 26.3. The van der Waals surface area contributed by atoms with E-state index in [2.05, 4.69) is 16.0 Å². The molecule has 6 atom stereocenters. The lowest BCUT2D eigenvalue weighted by molar-refractivity contribution is -0.143. The van der Waals surface area contributed by atoms with Gasteiger partial charge in [0.2, 0.25) is 17.7 Å². The Balaban J connectivity index is 5.45. The molecule has 0 bridgehead atoms. The number of nitrogens with two attached hydrogens (primary N) is 1. The van der Waals surface area contributed by atoms with Crippen LogP contribution in [0.4, 0.5) is 0 Å². The van der Waals surface area contributed by atoms with Gasteiger partial charge in [-0.25, -0.2) is 0 Å². The Labute approximate surface area is 168 Å². The number of rotatable bonds is 12. The van der Waals surface area contributed by atoms with Crippen molar-refractivity contribution in [1.29, 1.82) is 0 Å². The van der Waals surface area contributed by atoms with Crippen LogP contribution in [-0.4, -0.2) is 75.3 Å². The first-order valence-corrected chi connectivity index (χ1v) is 9.11. The van der Waals surface area contributed by atoms with E-state index in [1.165, 1.54) is 13.8 Å². The predicted octanol–water partition coefficient (Wildman–Crippen LogP) is -2.23. The molecule has 0 aliphatic heterocycles. The van der Waals surface area contributed by atoms with Gasteiger partial charge in [0.1, 0.15) is 24.2 Å². The van der Waals surface area contributed by atoms with E-state index in [9.17, 15) is 29.1 Å².